The van der Waals surface area contributed by atoms with Gasteiger partial charge >= 0.3 is 0 Å². The zero-order chi connectivity index (χ0) is 14.8. The molecule has 22 heavy (non-hydrogen) atoms. The normalized spacial score (nSPS) is 18.5. The molecule has 0 aromatic carbocycles. The summed E-state index contributed by atoms with van der Waals surface area (Å²) in [6.45, 7) is 2.12. The summed E-state index contributed by atoms with van der Waals surface area (Å²) in [5, 5.41) is 6.95. The van der Waals surface area contributed by atoms with Gasteiger partial charge in [0, 0.05) is 18.8 Å². The molecule has 1 atom stereocenters. The van der Waals surface area contributed by atoms with Crippen LogP contribution < -0.4 is 10.6 Å². The van der Waals surface area contributed by atoms with Crippen LogP contribution in [0.1, 0.15) is 12.8 Å². The number of nitrogens with zero attached hydrogens (tertiary/aromatic N) is 3. The molecule has 0 amide bonds. The third kappa shape index (κ3) is 2.55. The van der Waals surface area contributed by atoms with E-state index in [1.807, 2.05) is 48.8 Å². The maximum atomic E-state index is 4.76. The molecular formula is C17H19N5. The maximum Gasteiger partial charge on any atom is 0.137 e. The number of hydrogen-bond acceptors (Lipinski definition) is 4. The zero-order valence-electron chi connectivity index (χ0n) is 12.4. The third-order valence-corrected chi connectivity index (χ3v) is 4.08. The predicted octanol–water partition coefficient (Wildman–Crippen LogP) is 2.56. The lowest BCUT2D eigenvalue weighted by molar-refractivity contribution is 0.479. The van der Waals surface area contributed by atoms with E-state index < -0.39 is 0 Å². The first-order valence-corrected chi connectivity index (χ1v) is 7.77. The van der Waals surface area contributed by atoms with Crippen molar-refractivity contribution in [3.63, 3.8) is 0 Å². The first kappa shape index (κ1) is 13.3. The van der Waals surface area contributed by atoms with Gasteiger partial charge in [-0.15, -0.1) is 0 Å². The van der Waals surface area contributed by atoms with Gasteiger partial charge in [0.2, 0.25) is 0 Å². The van der Waals surface area contributed by atoms with Gasteiger partial charge < -0.3 is 10.6 Å². The molecule has 1 unspecified atom stereocenters. The van der Waals surface area contributed by atoms with Gasteiger partial charge in [-0.25, -0.2) is 9.97 Å². The Bertz CT molecular complexity index is 773. The lowest BCUT2D eigenvalue weighted by Gasteiger charge is -2.24. The molecule has 0 aliphatic carbocycles. The Morgan fingerprint density at radius 3 is 3.09 bits per heavy atom. The molecule has 1 fully saturated rings. The van der Waals surface area contributed by atoms with Crippen LogP contribution in [0.5, 0.6) is 0 Å². The van der Waals surface area contributed by atoms with Gasteiger partial charge in [0.05, 0.1) is 17.6 Å². The van der Waals surface area contributed by atoms with E-state index in [-0.39, 0.29) is 0 Å². The van der Waals surface area contributed by atoms with Crippen molar-refractivity contribution < 1.29 is 0 Å². The van der Waals surface area contributed by atoms with Gasteiger partial charge in [-0.1, -0.05) is 12.1 Å². The van der Waals surface area contributed by atoms with Crippen LogP contribution in [0.25, 0.3) is 17.0 Å². The molecule has 0 bridgehead atoms. The maximum absolute atomic E-state index is 4.76. The van der Waals surface area contributed by atoms with E-state index in [2.05, 4.69) is 20.0 Å². The minimum absolute atomic E-state index is 0.457. The molecule has 5 heteroatoms. The number of rotatable bonds is 3. The second-order valence-electron chi connectivity index (χ2n) is 5.67. The molecule has 3 aromatic heterocycles. The summed E-state index contributed by atoms with van der Waals surface area (Å²) in [6.07, 6.45) is 6.30. The molecule has 3 aromatic rings. The molecule has 2 N–H and O–H groups in total. The predicted molar refractivity (Wildman–Crippen MR) is 87.9 cm³/mol. The van der Waals surface area contributed by atoms with Crippen LogP contribution in [0.3, 0.4) is 0 Å². The van der Waals surface area contributed by atoms with Crippen LogP contribution in [0, 0.1) is 0 Å². The Labute approximate surface area is 129 Å². The van der Waals surface area contributed by atoms with Crippen molar-refractivity contribution in [1.82, 2.24) is 19.7 Å². The Morgan fingerprint density at radius 2 is 2.18 bits per heavy atom. The van der Waals surface area contributed by atoms with E-state index in [9.17, 15) is 0 Å². The average Bonchev–Trinajstić information content (AvgIpc) is 3.00. The van der Waals surface area contributed by atoms with Crippen LogP contribution in [0.15, 0.2) is 48.8 Å². The molecule has 4 rings (SSSR count). The number of imidazole rings is 1. The fourth-order valence-electron chi connectivity index (χ4n) is 2.96. The summed E-state index contributed by atoms with van der Waals surface area (Å²) < 4.78 is 2.06. The molecule has 4 heterocycles. The smallest absolute Gasteiger partial charge is 0.137 e. The van der Waals surface area contributed by atoms with Gasteiger partial charge in [0.15, 0.2) is 0 Å². The number of fused-ring (bicyclic) bond motifs is 1. The number of pyridine rings is 2. The highest BCUT2D eigenvalue weighted by Gasteiger charge is 2.13. The van der Waals surface area contributed by atoms with Gasteiger partial charge in [0.1, 0.15) is 11.5 Å². The van der Waals surface area contributed by atoms with Gasteiger partial charge in [0.25, 0.3) is 0 Å². The van der Waals surface area contributed by atoms with Gasteiger partial charge in [-0.05, 0) is 43.7 Å². The quantitative estimate of drug-likeness (QED) is 0.779. The van der Waals surface area contributed by atoms with E-state index in [1.165, 1.54) is 12.8 Å². The number of aromatic nitrogens is 3. The first-order valence-electron chi connectivity index (χ1n) is 7.77. The summed E-state index contributed by atoms with van der Waals surface area (Å²) in [5.41, 5.74) is 2.89. The fourth-order valence-corrected chi connectivity index (χ4v) is 2.96. The molecule has 1 aliphatic rings. The molecule has 5 nitrogen and oxygen atoms in total. The summed E-state index contributed by atoms with van der Waals surface area (Å²) in [7, 11) is 0. The fraction of sp³-hybridized carbons (Fsp3) is 0.294. The Hall–Kier alpha value is -2.40. The summed E-state index contributed by atoms with van der Waals surface area (Å²) >= 11 is 0. The SMILES string of the molecule is c1cc(NC2CCCNC2)nc(-c2cnc3ccccn23)c1. The summed E-state index contributed by atoms with van der Waals surface area (Å²) in [6, 6.07) is 12.6. The first-order chi connectivity index (χ1) is 10.9. The number of hydrogen-bond donors (Lipinski definition) is 2. The van der Waals surface area contributed by atoms with Crippen molar-refractivity contribution in [3.05, 3.63) is 48.8 Å². The average molecular weight is 293 g/mol. The number of piperidine rings is 1. The lowest BCUT2D eigenvalue weighted by atomic mass is 10.1. The van der Waals surface area contributed by atoms with Crippen molar-refractivity contribution in [2.75, 3.05) is 18.4 Å². The Morgan fingerprint density at radius 1 is 1.18 bits per heavy atom. The highest BCUT2D eigenvalue weighted by atomic mass is 15.1. The molecule has 0 saturated carbocycles. The highest BCUT2D eigenvalue weighted by molar-refractivity contribution is 5.61. The standard InChI is InChI=1S/C17H19N5/c1-2-10-22-15(12-19-17(22)8-1)14-6-3-7-16(21-14)20-13-5-4-9-18-11-13/h1-3,6-8,10,12-13,18H,4-5,9,11H2,(H,20,21). The van der Waals surface area contributed by atoms with Crippen molar-refractivity contribution in [1.29, 1.82) is 0 Å². The second-order valence-corrected chi connectivity index (χ2v) is 5.67. The summed E-state index contributed by atoms with van der Waals surface area (Å²) in [5.74, 6) is 0.928. The number of nitrogens with one attached hydrogen (secondary N) is 2. The molecule has 1 saturated heterocycles. The Kier molecular flexibility index (Phi) is 3.48. The van der Waals surface area contributed by atoms with E-state index in [1.54, 1.807) is 0 Å². The summed E-state index contributed by atoms with van der Waals surface area (Å²) in [4.78, 5) is 9.19. The molecule has 1 aliphatic heterocycles. The van der Waals surface area contributed by atoms with E-state index in [0.717, 1.165) is 35.9 Å². The van der Waals surface area contributed by atoms with E-state index in [4.69, 9.17) is 4.98 Å². The Balaban J connectivity index is 1.63. The van der Waals surface area contributed by atoms with Crippen LogP contribution >= 0.6 is 0 Å². The molecule has 0 radical (unpaired) electrons. The van der Waals surface area contributed by atoms with Crippen LogP contribution in [0.4, 0.5) is 5.82 Å². The monoisotopic (exact) mass is 293 g/mol. The lowest BCUT2D eigenvalue weighted by Crippen LogP contribution is -2.38. The van der Waals surface area contributed by atoms with Gasteiger partial charge in [-0.3, -0.25) is 4.40 Å². The van der Waals surface area contributed by atoms with Crippen molar-refractivity contribution in [2.24, 2.45) is 0 Å². The van der Waals surface area contributed by atoms with E-state index >= 15 is 0 Å². The van der Waals surface area contributed by atoms with E-state index in [0.29, 0.717) is 6.04 Å². The minimum atomic E-state index is 0.457. The number of anilines is 1. The molecular weight excluding hydrogens is 274 g/mol. The highest BCUT2D eigenvalue weighted by Crippen LogP contribution is 2.21. The molecule has 112 valence electrons. The third-order valence-electron chi connectivity index (χ3n) is 4.08. The van der Waals surface area contributed by atoms with Crippen molar-refractivity contribution >= 4 is 11.5 Å². The second kappa shape index (κ2) is 5.77. The van der Waals surface area contributed by atoms with Crippen molar-refractivity contribution in [2.45, 2.75) is 18.9 Å². The van der Waals surface area contributed by atoms with Crippen LogP contribution in [0.2, 0.25) is 0 Å². The van der Waals surface area contributed by atoms with Gasteiger partial charge in [-0.2, -0.15) is 0 Å². The zero-order valence-corrected chi connectivity index (χ0v) is 12.4. The minimum Gasteiger partial charge on any atom is -0.366 e. The van der Waals surface area contributed by atoms with Crippen LogP contribution in [-0.4, -0.2) is 33.5 Å². The van der Waals surface area contributed by atoms with Crippen molar-refractivity contribution in [3.8, 4) is 11.4 Å². The largest absolute Gasteiger partial charge is 0.366 e. The molecule has 0 spiro atoms. The topological polar surface area (TPSA) is 54.2 Å². The van der Waals surface area contributed by atoms with Crippen LogP contribution in [-0.2, 0) is 0 Å².